The molecule has 0 amide bonds. The molecule has 1 heterocycles. The van der Waals surface area contributed by atoms with E-state index in [9.17, 15) is 0 Å². The normalized spacial score (nSPS) is 12.9. The van der Waals surface area contributed by atoms with Gasteiger partial charge in [0.15, 0.2) is 0 Å². The first-order chi connectivity index (χ1) is 9.45. The summed E-state index contributed by atoms with van der Waals surface area (Å²) < 4.78 is 5.09. The highest BCUT2D eigenvalue weighted by molar-refractivity contribution is 5.28. The van der Waals surface area contributed by atoms with Crippen molar-refractivity contribution in [2.75, 3.05) is 26.8 Å². The zero-order chi connectivity index (χ0) is 15.1. The van der Waals surface area contributed by atoms with E-state index in [4.69, 9.17) is 4.74 Å². The van der Waals surface area contributed by atoms with Crippen molar-refractivity contribution in [3.05, 3.63) is 22.8 Å². The summed E-state index contributed by atoms with van der Waals surface area (Å²) in [6.45, 7) is 13.5. The van der Waals surface area contributed by atoms with E-state index >= 15 is 0 Å². The molecule has 0 fully saturated rings. The molecule has 0 aliphatic carbocycles. The molecule has 1 unspecified atom stereocenters. The van der Waals surface area contributed by atoms with E-state index in [0.29, 0.717) is 18.4 Å². The minimum atomic E-state index is 0.435. The van der Waals surface area contributed by atoms with Crippen LogP contribution < -0.4 is 5.32 Å². The largest absolute Gasteiger partial charge is 0.384 e. The fraction of sp³-hybridized carbons (Fsp3) is 0.750. The second-order valence-electron chi connectivity index (χ2n) is 5.92. The molecule has 0 bridgehead atoms. The van der Waals surface area contributed by atoms with Crippen molar-refractivity contribution < 1.29 is 4.74 Å². The molecule has 0 spiro atoms. The summed E-state index contributed by atoms with van der Waals surface area (Å²) in [4.78, 5) is 9.23. The Morgan fingerprint density at radius 1 is 1.05 bits per heavy atom. The highest BCUT2D eigenvalue weighted by Crippen LogP contribution is 2.21. The summed E-state index contributed by atoms with van der Waals surface area (Å²) >= 11 is 0. The van der Waals surface area contributed by atoms with Crippen LogP contribution in [-0.4, -0.2) is 36.8 Å². The second-order valence-corrected chi connectivity index (χ2v) is 5.92. The van der Waals surface area contributed by atoms with Crippen LogP contribution in [0.5, 0.6) is 0 Å². The van der Waals surface area contributed by atoms with Crippen molar-refractivity contribution in [2.45, 2.75) is 47.0 Å². The Balaban J connectivity index is 2.74. The van der Waals surface area contributed by atoms with Crippen LogP contribution in [0.4, 0.5) is 0 Å². The number of rotatable bonds is 8. The minimum absolute atomic E-state index is 0.435. The lowest BCUT2D eigenvalue weighted by Gasteiger charge is -2.18. The first-order valence-corrected chi connectivity index (χ1v) is 7.49. The van der Waals surface area contributed by atoms with E-state index in [1.54, 1.807) is 7.11 Å². The number of hydrogen-bond donors (Lipinski definition) is 1. The van der Waals surface area contributed by atoms with Gasteiger partial charge in [-0.2, -0.15) is 0 Å². The number of aromatic nitrogens is 2. The van der Waals surface area contributed by atoms with Crippen LogP contribution >= 0.6 is 0 Å². The van der Waals surface area contributed by atoms with Crippen LogP contribution in [0.1, 0.15) is 49.5 Å². The van der Waals surface area contributed by atoms with E-state index in [1.807, 2.05) is 0 Å². The zero-order valence-electron chi connectivity index (χ0n) is 13.8. The van der Waals surface area contributed by atoms with Gasteiger partial charge in [-0.05, 0) is 37.8 Å². The summed E-state index contributed by atoms with van der Waals surface area (Å²) in [5.41, 5.74) is 3.48. The molecule has 1 aromatic rings. The van der Waals surface area contributed by atoms with Gasteiger partial charge in [0.2, 0.25) is 0 Å². The maximum atomic E-state index is 5.09. The standard InChI is InChI=1S/C16H29N3O/c1-11(2)9-17-10-12(3)16-13(4)18-15(7-8-20-6)19-14(16)5/h11-12,17H,7-10H2,1-6H3. The molecule has 0 radical (unpaired) electrons. The molecule has 114 valence electrons. The SMILES string of the molecule is COCCc1nc(C)c(C(C)CNCC(C)C)c(C)n1. The third kappa shape index (κ3) is 5.17. The highest BCUT2D eigenvalue weighted by atomic mass is 16.5. The molecule has 20 heavy (non-hydrogen) atoms. The molecule has 1 aromatic heterocycles. The maximum absolute atomic E-state index is 5.09. The molecule has 1 atom stereocenters. The molecule has 0 saturated heterocycles. The number of nitrogens with zero attached hydrogens (tertiary/aromatic N) is 2. The van der Waals surface area contributed by atoms with Crippen molar-refractivity contribution in [3.63, 3.8) is 0 Å². The lowest BCUT2D eigenvalue weighted by molar-refractivity contribution is 0.200. The molecule has 1 rings (SSSR count). The number of ether oxygens (including phenoxy) is 1. The Kier molecular flexibility index (Phi) is 7.10. The van der Waals surface area contributed by atoms with Crippen molar-refractivity contribution in [1.29, 1.82) is 0 Å². The van der Waals surface area contributed by atoms with Gasteiger partial charge in [-0.1, -0.05) is 20.8 Å². The van der Waals surface area contributed by atoms with E-state index in [-0.39, 0.29) is 0 Å². The first kappa shape index (κ1) is 17.1. The van der Waals surface area contributed by atoms with E-state index in [0.717, 1.165) is 36.7 Å². The van der Waals surface area contributed by atoms with Crippen LogP contribution in [0.15, 0.2) is 0 Å². The maximum Gasteiger partial charge on any atom is 0.131 e. The summed E-state index contributed by atoms with van der Waals surface area (Å²) in [6.07, 6.45) is 0.776. The minimum Gasteiger partial charge on any atom is -0.384 e. The monoisotopic (exact) mass is 279 g/mol. The molecular weight excluding hydrogens is 250 g/mol. The summed E-state index contributed by atoms with van der Waals surface area (Å²) in [5.74, 6) is 2.00. The quantitative estimate of drug-likeness (QED) is 0.794. The Morgan fingerprint density at radius 3 is 2.15 bits per heavy atom. The fourth-order valence-electron chi connectivity index (χ4n) is 2.50. The van der Waals surface area contributed by atoms with Gasteiger partial charge in [0.1, 0.15) is 5.82 Å². The van der Waals surface area contributed by atoms with Gasteiger partial charge in [0, 0.05) is 31.5 Å². The van der Waals surface area contributed by atoms with Crippen LogP contribution in [0.2, 0.25) is 0 Å². The Morgan fingerprint density at radius 2 is 1.65 bits per heavy atom. The lowest BCUT2D eigenvalue weighted by Crippen LogP contribution is -2.25. The predicted octanol–water partition coefficient (Wildman–Crippen LogP) is 2.63. The first-order valence-electron chi connectivity index (χ1n) is 7.49. The van der Waals surface area contributed by atoms with Crippen molar-refractivity contribution >= 4 is 0 Å². The van der Waals surface area contributed by atoms with E-state index < -0.39 is 0 Å². The van der Waals surface area contributed by atoms with Crippen molar-refractivity contribution in [1.82, 2.24) is 15.3 Å². The van der Waals surface area contributed by atoms with Crippen LogP contribution in [0.25, 0.3) is 0 Å². The average molecular weight is 279 g/mol. The second kappa shape index (κ2) is 8.32. The van der Waals surface area contributed by atoms with E-state index in [2.05, 4.69) is 49.9 Å². The molecule has 1 N–H and O–H groups in total. The van der Waals surface area contributed by atoms with Gasteiger partial charge in [-0.3, -0.25) is 0 Å². The molecule has 4 nitrogen and oxygen atoms in total. The smallest absolute Gasteiger partial charge is 0.131 e. The van der Waals surface area contributed by atoms with Crippen molar-refractivity contribution in [3.8, 4) is 0 Å². The van der Waals surface area contributed by atoms with Gasteiger partial charge >= 0.3 is 0 Å². The highest BCUT2D eigenvalue weighted by Gasteiger charge is 2.15. The predicted molar refractivity (Wildman–Crippen MR) is 83.2 cm³/mol. The van der Waals surface area contributed by atoms with Crippen molar-refractivity contribution in [2.24, 2.45) is 5.92 Å². The Hall–Kier alpha value is -1.00. The Bertz CT molecular complexity index is 395. The number of hydrogen-bond acceptors (Lipinski definition) is 4. The molecule has 0 aliphatic heterocycles. The van der Waals surface area contributed by atoms with Gasteiger partial charge in [0.05, 0.1) is 6.61 Å². The van der Waals surface area contributed by atoms with E-state index in [1.165, 1.54) is 5.56 Å². The zero-order valence-corrected chi connectivity index (χ0v) is 13.8. The Labute approximate surface area is 123 Å². The summed E-state index contributed by atoms with van der Waals surface area (Å²) in [6, 6.07) is 0. The third-order valence-electron chi connectivity index (χ3n) is 3.40. The van der Waals surface area contributed by atoms with Gasteiger partial charge < -0.3 is 10.1 Å². The third-order valence-corrected chi connectivity index (χ3v) is 3.40. The van der Waals surface area contributed by atoms with Gasteiger partial charge in [-0.25, -0.2) is 9.97 Å². The van der Waals surface area contributed by atoms with Gasteiger partial charge in [-0.15, -0.1) is 0 Å². The number of nitrogens with one attached hydrogen (secondary N) is 1. The molecule has 0 aromatic carbocycles. The lowest BCUT2D eigenvalue weighted by atomic mass is 9.97. The summed E-state index contributed by atoms with van der Waals surface area (Å²) in [7, 11) is 1.70. The molecule has 0 saturated carbocycles. The summed E-state index contributed by atoms with van der Waals surface area (Å²) in [5, 5.41) is 3.51. The van der Waals surface area contributed by atoms with Crippen LogP contribution in [0.3, 0.4) is 0 Å². The average Bonchev–Trinajstić information content (AvgIpc) is 2.35. The molecule has 0 aliphatic rings. The van der Waals surface area contributed by atoms with Crippen LogP contribution in [-0.2, 0) is 11.2 Å². The number of aryl methyl sites for hydroxylation is 2. The van der Waals surface area contributed by atoms with Gasteiger partial charge in [0.25, 0.3) is 0 Å². The van der Waals surface area contributed by atoms with Crippen LogP contribution in [0, 0.1) is 19.8 Å². The topological polar surface area (TPSA) is 47.0 Å². The fourth-order valence-corrected chi connectivity index (χ4v) is 2.50. The molecular formula is C16H29N3O. The number of methoxy groups -OCH3 is 1. The molecule has 4 heteroatoms.